The minimum atomic E-state index is -1.17. The predicted octanol–water partition coefficient (Wildman–Crippen LogP) is 5.30. The van der Waals surface area contributed by atoms with E-state index in [2.05, 4.69) is 23.1 Å². The van der Waals surface area contributed by atoms with Crippen molar-refractivity contribution in [3.63, 3.8) is 0 Å². The Morgan fingerprint density at radius 1 is 0.857 bits per heavy atom. The minimum Gasteiger partial charge on any atom is -0.504 e. The second kappa shape index (κ2) is 12.0. The van der Waals surface area contributed by atoms with Gasteiger partial charge < -0.3 is 9.84 Å². The molecule has 5 aliphatic rings. The number of nitrogens with zero attached hydrogens (tertiary/aromatic N) is 3. The fraction of sp³-hybridized carbons (Fsp3) is 0.400. The number of carbonyl (C=O) groups excluding carboxylic acids is 4. The Labute approximate surface area is 286 Å². The number of piperidine rings is 1. The number of carbonyl (C=O) groups is 4. The van der Waals surface area contributed by atoms with Crippen LogP contribution in [-0.4, -0.2) is 64.8 Å². The number of amides is 4. The molecule has 1 saturated carbocycles. The van der Waals surface area contributed by atoms with Crippen molar-refractivity contribution in [3.05, 3.63) is 102 Å². The first kappa shape index (κ1) is 31.5. The predicted molar refractivity (Wildman–Crippen MR) is 182 cm³/mol. The van der Waals surface area contributed by atoms with Gasteiger partial charge in [0.15, 0.2) is 11.5 Å². The Kier molecular flexibility index (Phi) is 7.70. The second-order valence-corrected chi connectivity index (χ2v) is 14.5. The molecule has 0 spiro atoms. The fourth-order valence-corrected chi connectivity index (χ4v) is 9.67. The molecule has 4 fully saturated rings. The molecule has 252 valence electrons. The van der Waals surface area contributed by atoms with Gasteiger partial charge in [0.1, 0.15) is 0 Å². The summed E-state index contributed by atoms with van der Waals surface area (Å²) in [4.78, 5) is 62.7. The van der Waals surface area contributed by atoms with Crippen LogP contribution in [0.25, 0.3) is 0 Å². The zero-order chi connectivity index (χ0) is 34.0. The summed E-state index contributed by atoms with van der Waals surface area (Å²) in [6.07, 6.45) is 4.20. The molecule has 3 saturated heterocycles. The van der Waals surface area contributed by atoms with Crippen molar-refractivity contribution in [2.45, 2.75) is 51.1 Å². The van der Waals surface area contributed by atoms with Crippen molar-refractivity contribution in [1.29, 1.82) is 0 Å². The molecule has 3 aliphatic heterocycles. The van der Waals surface area contributed by atoms with Gasteiger partial charge in [-0.05, 0) is 73.9 Å². The van der Waals surface area contributed by atoms with E-state index < -0.39 is 35.0 Å². The third kappa shape index (κ3) is 4.84. The van der Waals surface area contributed by atoms with E-state index >= 15 is 0 Å². The maximum absolute atomic E-state index is 14.5. The van der Waals surface area contributed by atoms with Gasteiger partial charge in [-0.2, -0.15) is 0 Å². The number of allylic oxidation sites excluding steroid dienone is 2. The largest absolute Gasteiger partial charge is 0.504 e. The van der Waals surface area contributed by atoms with E-state index in [4.69, 9.17) is 4.74 Å². The Hall–Kier alpha value is -4.76. The second-order valence-electron chi connectivity index (χ2n) is 14.5. The maximum atomic E-state index is 14.5. The summed E-state index contributed by atoms with van der Waals surface area (Å²) in [7, 11) is 1.48. The number of rotatable bonds is 6. The quantitative estimate of drug-likeness (QED) is 0.283. The molecule has 6 unspecified atom stereocenters. The molecule has 3 heterocycles. The van der Waals surface area contributed by atoms with Crippen LogP contribution in [0.2, 0.25) is 0 Å². The number of aromatic hydroxyl groups is 1. The highest BCUT2D eigenvalue weighted by Gasteiger charge is 2.67. The molecule has 9 nitrogen and oxygen atoms in total. The smallest absolute Gasteiger partial charge is 0.241 e. The Morgan fingerprint density at radius 2 is 1.55 bits per heavy atom. The van der Waals surface area contributed by atoms with Crippen molar-refractivity contribution in [2.24, 2.45) is 29.1 Å². The average Bonchev–Trinajstić information content (AvgIpc) is 3.48. The molecule has 4 amide bonds. The number of hydrogen-bond donors (Lipinski definition) is 1. The fourth-order valence-electron chi connectivity index (χ4n) is 9.67. The normalized spacial score (nSPS) is 30.2. The number of phenols is 1. The van der Waals surface area contributed by atoms with Gasteiger partial charge in [-0.25, -0.2) is 4.90 Å². The minimum absolute atomic E-state index is 0.0647. The summed E-state index contributed by atoms with van der Waals surface area (Å²) < 4.78 is 5.32. The molecule has 3 aromatic rings. The zero-order valence-corrected chi connectivity index (χ0v) is 27.8. The topological polar surface area (TPSA) is 107 Å². The highest BCUT2D eigenvalue weighted by molar-refractivity contribution is 6.24. The molecular formula is C40H41N3O6. The summed E-state index contributed by atoms with van der Waals surface area (Å²) in [5.74, 6) is -3.39. The number of anilines is 1. The van der Waals surface area contributed by atoms with Gasteiger partial charge in [0.05, 0.1) is 36.0 Å². The van der Waals surface area contributed by atoms with Crippen LogP contribution in [0.1, 0.15) is 49.7 Å². The van der Waals surface area contributed by atoms with Crippen molar-refractivity contribution >= 4 is 29.3 Å². The summed E-state index contributed by atoms with van der Waals surface area (Å²) in [5, 5.41) is 10.9. The Bertz CT molecular complexity index is 1850. The number of benzene rings is 3. The van der Waals surface area contributed by atoms with Crippen LogP contribution in [0.3, 0.4) is 0 Å². The van der Waals surface area contributed by atoms with E-state index in [1.54, 1.807) is 41.3 Å². The molecule has 8 rings (SSSR count). The molecule has 0 radical (unpaired) electrons. The van der Waals surface area contributed by atoms with Crippen LogP contribution in [0.4, 0.5) is 5.69 Å². The first-order valence-corrected chi connectivity index (χ1v) is 17.4. The molecule has 2 aliphatic carbocycles. The first-order valence-electron chi connectivity index (χ1n) is 17.4. The SMILES string of the molecule is COc1ccc(C2C3=CCC4C(=O)N(C5CCN(Cc6ccccc6)CC5)C(=O)C4C3CC3C(=O)N(c4ccccc4)C(=O)C32C)cc1O. The monoisotopic (exact) mass is 659 g/mol. The number of phenolic OH excluding ortho intramolecular Hbond substituents is 1. The molecule has 49 heavy (non-hydrogen) atoms. The summed E-state index contributed by atoms with van der Waals surface area (Å²) in [5.41, 5.74) is 2.17. The molecule has 9 heteroatoms. The van der Waals surface area contributed by atoms with Crippen LogP contribution in [0, 0.1) is 29.1 Å². The number of imide groups is 2. The van der Waals surface area contributed by atoms with Crippen molar-refractivity contribution in [1.82, 2.24) is 9.80 Å². The highest BCUT2D eigenvalue weighted by atomic mass is 16.5. The number of hydrogen-bond acceptors (Lipinski definition) is 7. The number of para-hydroxylation sites is 1. The number of methoxy groups -OCH3 is 1. The van der Waals surface area contributed by atoms with Gasteiger partial charge in [0.25, 0.3) is 0 Å². The van der Waals surface area contributed by atoms with E-state index in [0.29, 0.717) is 29.8 Å². The molecule has 0 bridgehead atoms. The highest BCUT2D eigenvalue weighted by Crippen LogP contribution is 2.64. The lowest BCUT2D eigenvalue weighted by molar-refractivity contribution is -0.144. The van der Waals surface area contributed by atoms with E-state index in [-0.39, 0.29) is 35.4 Å². The molecule has 3 aromatic carbocycles. The van der Waals surface area contributed by atoms with Crippen LogP contribution < -0.4 is 9.64 Å². The zero-order valence-electron chi connectivity index (χ0n) is 27.8. The van der Waals surface area contributed by atoms with E-state index in [1.165, 1.54) is 17.6 Å². The van der Waals surface area contributed by atoms with Crippen molar-refractivity contribution in [2.75, 3.05) is 25.1 Å². The van der Waals surface area contributed by atoms with Crippen molar-refractivity contribution < 1.29 is 29.0 Å². The first-order chi connectivity index (χ1) is 23.7. The van der Waals surface area contributed by atoms with Gasteiger partial charge >= 0.3 is 0 Å². The maximum Gasteiger partial charge on any atom is 0.241 e. The van der Waals surface area contributed by atoms with E-state index in [9.17, 15) is 24.3 Å². The molecule has 0 aromatic heterocycles. The molecular weight excluding hydrogens is 618 g/mol. The lowest BCUT2D eigenvalue weighted by atomic mass is 9.51. The van der Waals surface area contributed by atoms with E-state index in [0.717, 1.165) is 38.0 Å². The third-order valence-corrected chi connectivity index (χ3v) is 12.0. The van der Waals surface area contributed by atoms with Crippen LogP contribution in [0.5, 0.6) is 11.5 Å². The standard InChI is InChI=1S/C40H41N3O6/c1-40-31(37(46)43(39(40)48)26-11-7-4-8-12-26)22-30-28(35(40)25-13-16-33(49-2)32(44)21-25)14-15-29-34(30)38(47)42(36(29)45)27-17-19-41(20-18-27)23-24-9-5-3-6-10-24/h3-14,16,21,27,29-31,34-35,44H,15,17-20,22-23H2,1-2H3. The van der Waals surface area contributed by atoms with Gasteiger partial charge in [0.2, 0.25) is 23.6 Å². The number of ether oxygens (including phenoxy) is 1. The van der Waals surface area contributed by atoms with Crippen molar-refractivity contribution in [3.8, 4) is 11.5 Å². The van der Waals surface area contributed by atoms with Gasteiger partial charge in [-0.3, -0.25) is 29.0 Å². The summed E-state index contributed by atoms with van der Waals surface area (Å²) in [6.45, 7) is 4.29. The lowest BCUT2D eigenvalue weighted by Crippen LogP contribution is -2.49. The lowest BCUT2D eigenvalue weighted by Gasteiger charge is -2.49. The summed E-state index contributed by atoms with van der Waals surface area (Å²) in [6, 6.07) is 24.2. The summed E-state index contributed by atoms with van der Waals surface area (Å²) >= 11 is 0. The van der Waals surface area contributed by atoms with Crippen LogP contribution in [0.15, 0.2) is 90.5 Å². The average molecular weight is 660 g/mol. The van der Waals surface area contributed by atoms with Gasteiger partial charge in [0, 0.05) is 31.6 Å². The molecule has 1 N–H and O–H groups in total. The van der Waals surface area contributed by atoms with Crippen LogP contribution in [-0.2, 0) is 25.7 Å². The number of fused-ring (bicyclic) bond motifs is 4. The van der Waals surface area contributed by atoms with E-state index in [1.807, 2.05) is 37.3 Å². The number of likely N-dealkylation sites (tertiary alicyclic amines) is 2. The molecule has 6 atom stereocenters. The third-order valence-electron chi connectivity index (χ3n) is 12.0. The Balaban J connectivity index is 1.13. The van der Waals surface area contributed by atoms with Gasteiger partial charge in [-0.15, -0.1) is 0 Å². The Morgan fingerprint density at radius 3 is 2.22 bits per heavy atom. The van der Waals surface area contributed by atoms with Crippen LogP contribution >= 0.6 is 0 Å². The van der Waals surface area contributed by atoms with Gasteiger partial charge in [-0.1, -0.05) is 66.2 Å².